The molecule has 1 amide bonds. The standard InChI is InChI=1S/C20H31N3O2/c1-19(2,3)25-18(24)23-15-20(21(4)16-23)10-12-22(13-11-20)14-17-8-6-5-7-9-17/h5-9H,10-16H2,1-4H3. The Morgan fingerprint density at radius 2 is 1.80 bits per heavy atom. The van der Waals surface area contributed by atoms with Gasteiger partial charge >= 0.3 is 6.09 Å². The number of rotatable bonds is 2. The van der Waals surface area contributed by atoms with Crippen molar-refractivity contribution >= 4 is 6.09 Å². The first-order chi connectivity index (χ1) is 11.8. The van der Waals surface area contributed by atoms with Gasteiger partial charge in [-0.25, -0.2) is 4.79 Å². The molecule has 2 aliphatic heterocycles. The van der Waals surface area contributed by atoms with Gasteiger partial charge in [0.05, 0.1) is 6.67 Å². The molecule has 2 aliphatic rings. The van der Waals surface area contributed by atoms with Gasteiger partial charge < -0.3 is 4.74 Å². The van der Waals surface area contributed by atoms with Crippen molar-refractivity contribution in [3.8, 4) is 0 Å². The van der Waals surface area contributed by atoms with Crippen LogP contribution in [0.2, 0.25) is 0 Å². The van der Waals surface area contributed by atoms with Gasteiger partial charge in [-0.3, -0.25) is 14.7 Å². The molecule has 0 bridgehead atoms. The Hall–Kier alpha value is -1.59. The first-order valence-corrected chi connectivity index (χ1v) is 9.23. The molecule has 1 aromatic carbocycles. The Kier molecular flexibility index (Phi) is 5.07. The minimum absolute atomic E-state index is 0.101. The van der Waals surface area contributed by atoms with E-state index in [1.54, 1.807) is 0 Å². The lowest BCUT2D eigenvalue weighted by Crippen LogP contribution is -2.52. The number of nitrogens with zero attached hydrogens (tertiary/aromatic N) is 3. The van der Waals surface area contributed by atoms with Crippen molar-refractivity contribution < 1.29 is 9.53 Å². The zero-order valence-electron chi connectivity index (χ0n) is 16.0. The molecule has 5 heteroatoms. The van der Waals surface area contributed by atoms with Crippen molar-refractivity contribution in [1.29, 1.82) is 0 Å². The SMILES string of the molecule is CN1CN(C(=O)OC(C)(C)C)CC12CCN(Cc1ccccc1)CC2. The zero-order chi connectivity index (χ0) is 18.1. The largest absolute Gasteiger partial charge is 0.444 e. The van der Waals surface area contributed by atoms with E-state index in [1.165, 1.54) is 5.56 Å². The molecule has 0 N–H and O–H groups in total. The number of carbonyl (C=O) groups excluding carboxylic acids is 1. The Labute approximate surface area is 151 Å². The minimum atomic E-state index is -0.440. The highest BCUT2D eigenvalue weighted by Crippen LogP contribution is 2.34. The van der Waals surface area contributed by atoms with E-state index in [0.29, 0.717) is 6.67 Å². The molecule has 0 aromatic heterocycles. The second-order valence-electron chi connectivity index (χ2n) is 8.50. The van der Waals surface area contributed by atoms with Crippen LogP contribution in [0, 0.1) is 0 Å². The van der Waals surface area contributed by atoms with Crippen LogP contribution < -0.4 is 0 Å². The lowest BCUT2D eigenvalue weighted by atomic mass is 9.87. The van der Waals surface area contributed by atoms with Gasteiger partial charge in [0.1, 0.15) is 5.60 Å². The van der Waals surface area contributed by atoms with Crippen LogP contribution in [-0.4, -0.2) is 65.3 Å². The third kappa shape index (κ3) is 4.33. The monoisotopic (exact) mass is 345 g/mol. The van der Waals surface area contributed by atoms with Crippen molar-refractivity contribution in [3.05, 3.63) is 35.9 Å². The predicted molar refractivity (Wildman–Crippen MR) is 99.3 cm³/mol. The predicted octanol–water partition coefficient (Wildman–Crippen LogP) is 3.16. The average Bonchev–Trinajstić information content (AvgIpc) is 2.86. The highest BCUT2D eigenvalue weighted by atomic mass is 16.6. The lowest BCUT2D eigenvalue weighted by molar-refractivity contribution is 0.0269. The van der Waals surface area contributed by atoms with Gasteiger partial charge in [0.25, 0.3) is 0 Å². The number of benzene rings is 1. The van der Waals surface area contributed by atoms with E-state index < -0.39 is 5.60 Å². The van der Waals surface area contributed by atoms with Crippen LogP contribution >= 0.6 is 0 Å². The summed E-state index contributed by atoms with van der Waals surface area (Å²) in [5.74, 6) is 0. The van der Waals surface area contributed by atoms with Crippen molar-refractivity contribution in [2.75, 3.05) is 33.4 Å². The topological polar surface area (TPSA) is 36.0 Å². The van der Waals surface area contributed by atoms with E-state index in [-0.39, 0.29) is 11.6 Å². The van der Waals surface area contributed by atoms with Crippen molar-refractivity contribution in [1.82, 2.24) is 14.7 Å². The summed E-state index contributed by atoms with van der Waals surface area (Å²) in [6.45, 7) is 10.3. The molecule has 0 saturated carbocycles. The zero-order valence-corrected chi connectivity index (χ0v) is 16.0. The van der Waals surface area contributed by atoms with Crippen molar-refractivity contribution in [2.45, 2.75) is 51.3 Å². The smallest absolute Gasteiger partial charge is 0.411 e. The molecule has 2 heterocycles. The van der Waals surface area contributed by atoms with Gasteiger partial charge in [0.15, 0.2) is 0 Å². The van der Waals surface area contributed by atoms with Crippen LogP contribution in [0.1, 0.15) is 39.2 Å². The van der Waals surface area contributed by atoms with Crippen LogP contribution in [0.25, 0.3) is 0 Å². The molecule has 0 aliphatic carbocycles. The Bertz CT molecular complexity index is 589. The molecular formula is C20H31N3O2. The van der Waals surface area contributed by atoms with E-state index in [0.717, 1.165) is 39.0 Å². The van der Waals surface area contributed by atoms with Gasteiger partial charge in [-0.05, 0) is 46.2 Å². The minimum Gasteiger partial charge on any atom is -0.444 e. The van der Waals surface area contributed by atoms with Crippen molar-refractivity contribution in [2.24, 2.45) is 0 Å². The van der Waals surface area contributed by atoms with Crippen LogP contribution in [0.4, 0.5) is 4.79 Å². The van der Waals surface area contributed by atoms with Crippen LogP contribution in [0.5, 0.6) is 0 Å². The summed E-state index contributed by atoms with van der Waals surface area (Å²) >= 11 is 0. The number of likely N-dealkylation sites (N-methyl/N-ethyl adjacent to an activating group) is 1. The quantitative estimate of drug-likeness (QED) is 0.825. The first kappa shape index (κ1) is 18.2. The van der Waals surface area contributed by atoms with Gasteiger partial charge in [0.2, 0.25) is 0 Å². The fraction of sp³-hybridized carbons (Fsp3) is 0.650. The molecule has 0 atom stereocenters. The molecule has 0 unspecified atom stereocenters. The van der Waals surface area contributed by atoms with Gasteiger partial charge in [-0.2, -0.15) is 0 Å². The molecule has 25 heavy (non-hydrogen) atoms. The molecule has 1 spiro atoms. The first-order valence-electron chi connectivity index (χ1n) is 9.23. The van der Waals surface area contributed by atoms with Crippen LogP contribution in [-0.2, 0) is 11.3 Å². The summed E-state index contributed by atoms with van der Waals surface area (Å²) in [5, 5.41) is 0. The summed E-state index contributed by atoms with van der Waals surface area (Å²) in [4.78, 5) is 19.1. The molecule has 2 saturated heterocycles. The van der Waals surface area contributed by atoms with Gasteiger partial charge in [0, 0.05) is 31.7 Å². The van der Waals surface area contributed by atoms with E-state index in [2.05, 4.69) is 47.2 Å². The molecule has 2 fully saturated rings. The number of likely N-dealkylation sites (tertiary alicyclic amines) is 1. The van der Waals surface area contributed by atoms with E-state index in [9.17, 15) is 4.79 Å². The second-order valence-corrected chi connectivity index (χ2v) is 8.50. The Morgan fingerprint density at radius 3 is 2.40 bits per heavy atom. The molecule has 3 rings (SSSR count). The summed E-state index contributed by atoms with van der Waals surface area (Å²) in [7, 11) is 2.14. The average molecular weight is 345 g/mol. The van der Waals surface area contributed by atoms with Crippen molar-refractivity contribution in [3.63, 3.8) is 0 Å². The third-order valence-electron chi connectivity index (χ3n) is 5.37. The molecular weight excluding hydrogens is 314 g/mol. The van der Waals surface area contributed by atoms with E-state index >= 15 is 0 Å². The number of ether oxygens (including phenoxy) is 1. The maximum Gasteiger partial charge on any atom is 0.411 e. The number of amides is 1. The van der Waals surface area contributed by atoms with E-state index in [1.807, 2.05) is 25.7 Å². The molecule has 0 radical (unpaired) electrons. The number of hydrogen-bond acceptors (Lipinski definition) is 4. The maximum absolute atomic E-state index is 12.4. The highest BCUT2D eigenvalue weighted by Gasteiger charge is 2.46. The molecule has 138 valence electrons. The van der Waals surface area contributed by atoms with Gasteiger partial charge in [-0.1, -0.05) is 30.3 Å². The Balaban J connectivity index is 1.56. The van der Waals surface area contributed by atoms with Crippen LogP contribution in [0.3, 0.4) is 0 Å². The van der Waals surface area contributed by atoms with Gasteiger partial charge in [-0.15, -0.1) is 0 Å². The lowest BCUT2D eigenvalue weighted by Gasteiger charge is -2.42. The molecule has 1 aromatic rings. The van der Waals surface area contributed by atoms with E-state index in [4.69, 9.17) is 4.74 Å². The summed E-state index contributed by atoms with van der Waals surface area (Å²) in [6, 6.07) is 10.6. The normalized spacial score (nSPS) is 21.7. The summed E-state index contributed by atoms with van der Waals surface area (Å²) < 4.78 is 5.55. The Morgan fingerprint density at radius 1 is 1.16 bits per heavy atom. The highest BCUT2D eigenvalue weighted by molar-refractivity contribution is 5.68. The molecule has 5 nitrogen and oxygen atoms in total. The summed E-state index contributed by atoms with van der Waals surface area (Å²) in [5.41, 5.74) is 1.03. The van der Waals surface area contributed by atoms with Crippen LogP contribution in [0.15, 0.2) is 30.3 Å². The summed E-state index contributed by atoms with van der Waals surface area (Å²) in [6.07, 6.45) is 1.99. The second kappa shape index (κ2) is 6.96. The maximum atomic E-state index is 12.4. The third-order valence-corrected chi connectivity index (χ3v) is 5.37. The number of carbonyl (C=O) groups is 1. The number of piperidine rings is 1. The fourth-order valence-corrected chi connectivity index (χ4v) is 3.89. The number of hydrogen-bond donors (Lipinski definition) is 0. The fourth-order valence-electron chi connectivity index (χ4n) is 3.89.